The Kier molecular flexibility index (Phi) is 8.83. The summed E-state index contributed by atoms with van der Waals surface area (Å²) in [5.74, 6) is -2.01. The third kappa shape index (κ3) is 7.89. The van der Waals surface area contributed by atoms with Crippen molar-refractivity contribution < 1.29 is 33.7 Å². The van der Waals surface area contributed by atoms with E-state index < -0.39 is 35.8 Å². The molecule has 8 heteroatoms. The topological polar surface area (TPSA) is 105 Å². The highest BCUT2D eigenvalue weighted by atomic mass is 19.1. The fourth-order valence-corrected chi connectivity index (χ4v) is 3.35. The van der Waals surface area contributed by atoms with E-state index in [0.717, 1.165) is 17.7 Å². The zero-order valence-corrected chi connectivity index (χ0v) is 19.1. The molecule has 3 aromatic rings. The van der Waals surface area contributed by atoms with Gasteiger partial charge in [-0.2, -0.15) is 0 Å². The number of carboxylic acid groups (broad SMARTS) is 1. The van der Waals surface area contributed by atoms with E-state index in [1.807, 2.05) is 25.1 Å². The molecule has 0 unspecified atom stereocenters. The van der Waals surface area contributed by atoms with Crippen LogP contribution in [0, 0.1) is 12.7 Å². The first-order chi connectivity index (χ1) is 16.8. The van der Waals surface area contributed by atoms with Crippen LogP contribution in [0.4, 0.5) is 14.9 Å². The van der Waals surface area contributed by atoms with Gasteiger partial charge in [0.25, 0.3) is 0 Å². The van der Waals surface area contributed by atoms with Crippen molar-refractivity contribution in [3.63, 3.8) is 0 Å². The minimum Gasteiger partial charge on any atom is -0.505 e. The predicted molar refractivity (Wildman–Crippen MR) is 129 cm³/mol. The number of aliphatic carboxylic acids is 1. The quantitative estimate of drug-likeness (QED) is 0.308. The van der Waals surface area contributed by atoms with Crippen LogP contribution in [-0.4, -0.2) is 28.4 Å². The number of aromatic hydroxyl groups is 1. The Morgan fingerprint density at radius 2 is 1.77 bits per heavy atom. The molecule has 0 aromatic heterocycles. The van der Waals surface area contributed by atoms with Crippen LogP contribution in [0.15, 0.2) is 84.9 Å². The third-order valence-electron chi connectivity index (χ3n) is 5.08. The normalized spacial score (nSPS) is 12.6. The number of aryl methyl sites for hydroxylation is 1. The van der Waals surface area contributed by atoms with Gasteiger partial charge in [0.2, 0.25) is 0 Å². The monoisotopic (exact) mass is 479 g/mol. The number of rotatable bonds is 10. The summed E-state index contributed by atoms with van der Waals surface area (Å²) in [6, 6.07) is 19.6. The SMILES string of the molecule is Cc1ccc(NC(=O)O[C@@H](c2ccc(O)c(F)c2)[C@H](CC/C=C/C(=O)O)Oc2ccccc2)cc1. The highest BCUT2D eigenvalue weighted by Crippen LogP contribution is 2.31. The van der Waals surface area contributed by atoms with Crippen LogP contribution in [0.3, 0.4) is 0 Å². The van der Waals surface area contributed by atoms with Crippen LogP contribution in [0.5, 0.6) is 11.5 Å². The van der Waals surface area contributed by atoms with E-state index >= 15 is 0 Å². The van der Waals surface area contributed by atoms with Gasteiger partial charge in [-0.15, -0.1) is 0 Å². The molecule has 182 valence electrons. The standard InChI is InChI=1S/C27H26FNO6/c1-18-11-14-20(15-12-18)29-27(33)35-26(19-13-16-23(30)22(28)17-19)24(9-5-6-10-25(31)32)34-21-7-3-2-4-8-21/h2-4,6-8,10-17,24,26,30H,5,9H2,1H3,(H,29,33)(H,31,32)/b10-6+/t24-,26-/m0/s1. The van der Waals surface area contributed by atoms with Crippen LogP contribution < -0.4 is 10.1 Å². The number of ether oxygens (including phenoxy) is 2. The van der Waals surface area contributed by atoms with Gasteiger partial charge in [-0.25, -0.2) is 14.0 Å². The summed E-state index contributed by atoms with van der Waals surface area (Å²) < 4.78 is 26.0. The smallest absolute Gasteiger partial charge is 0.412 e. The van der Waals surface area contributed by atoms with E-state index in [4.69, 9.17) is 14.6 Å². The number of carbonyl (C=O) groups is 2. The fraction of sp³-hybridized carbons (Fsp3) is 0.185. The second-order valence-corrected chi connectivity index (χ2v) is 7.82. The van der Waals surface area contributed by atoms with Crippen molar-refractivity contribution in [1.29, 1.82) is 0 Å². The molecule has 1 amide bonds. The molecular weight excluding hydrogens is 453 g/mol. The molecule has 7 nitrogen and oxygen atoms in total. The molecule has 0 heterocycles. The minimum atomic E-state index is -1.09. The number of hydrogen-bond donors (Lipinski definition) is 3. The third-order valence-corrected chi connectivity index (χ3v) is 5.08. The molecule has 3 N–H and O–H groups in total. The Morgan fingerprint density at radius 3 is 2.43 bits per heavy atom. The average Bonchev–Trinajstić information content (AvgIpc) is 2.83. The molecule has 0 fully saturated rings. The summed E-state index contributed by atoms with van der Waals surface area (Å²) >= 11 is 0. The number of para-hydroxylation sites is 1. The van der Waals surface area contributed by atoms with Crippen LogP contribution >= 0.6 is 0 Å². The van der Waals surface area contributed by atoms with E-state index in [2.05, 4.69) is 5.32 Å². The number of amides is 1. The van der Waals surface area contributed by atoms with Crippen LogP contribution in [0.1, 0.15) is 30.1 Å². The lowest BCUT2D eigenvalue weighted by atomic mass is 9.99. The average molecular weight is 480 g/mol. The van der Waals surface area contributed by atoms with Gasteiger partial charge in [-0.1, -0.05) is 48.0 Å². The van der Waals surface area contributed by atoms with Crippen molar-refractivity contribution in [2.75, 3.05) is 5.32 Å². The second-order valence-electron chi connectivity index (χ2n) is 7.82. The minimum absolute atomic E-state index is 0.254. The van der Waals surface area contributed by atoms with E-state index in [1.165, 1.54) is 18.2 Å². The lowest BCUT2D eigenvalue weighted by Gasteiger charge is -2.28. The predicted octanol–water partition coefficient (Wildman–Crippen LogP) is 6.00. The number of phenolic OH excluding ortho intramolecular Hbond substituents is 1. The largest absolute Gasteiger partial charge is 0.505 e. The van der Waals surface area contributed by atoms with Gasteiger partial charge in [0.05, 0.1) is 0 Å². The number of halogens is 1. The number of carboxylic acids is 1. The second kappa shape index (κ2) is 12.2. The van der Waals surface area contributed by atoms with Gasteiger partial charge in [-0.3, -0.25) is 5.32 Å². The first-order valence-corrected chi connectivity index (χ1v) is 11.0. The Morgan fingerprint density at radius 1 is 1.06 bits per heavy atom. The Bertz CT molecular complexity index is 1160. The number of benzene rings is 3. The summed E-state index contributed by atoms with van der Waals surface area (Å²) in [7, 11) is 0. The molecule has 0 spiro atoms. The molecule has 2 atom stereocenters. The van der Waals surface area contributed by atoms with Crippen molar-refractivity contribution in [3.05, 3.63) is 102 Å². The molecule has 0 saturated carbocycles. The summed E-state index contributed by atoms with van der Waals surface area (Å²) in [5, 5.41) is 21.2. The first kappa shape index (κ1) is 25.3. The van der Waals surface area contributed by atoms with E-state index in [1.54, 1.807) is 36.4 Å². The highest BCUT2D eigenvalue weighted by Gasteiger charge is 2.29. The Labute approximate surface area is 202 Å². The van der Waals surface area contributed by atoms with E-state index in [-0.39, 0.29) is 12.0 Å². The summed E-state index contributed by atoms with van der Waals surface area (Å²) in [4.78, 5) is 23.6. The van der Waals surface area contributed by atoms with Gasteiger partial charge in [-0.05, 0) is 61.7 Å². The maximum absolute atomic E-state index is 14.2. The molecule has 0 aliphatic carbocycles. The molecule has 0 aliphatic rings. The molecule has 0 aliphatic heterocycles. The van der Waals surface area contributed by atoms with E-state index in [0.29, 0.717) is 17.9 Å². The van der Waals surface area contributed by atoms with Crippen molar-refractivity contribution in [2.24, 2.45) is 0 Å². The maximum Gasteiger partial charge on any atom is 0.412 e. The number of anilines is 1. The lowest BCUT2D eigenvalue weighted by molar-refractivity contribution is -0.131. The van der Waals surface area contributed by atoms with Gasteiger partial charge in [0.15, 0.2) is 17.7 Å². The number of nitrogens with one attached hydrogen (secondary N) is 1. The molecule has 3 rings (SSSR count). The van der Waals surface area contributed by atoms with E-state index in [9.17, 15) is 19.1 Å². The number of carbonyl (C=O) groups excluding carboxylic acids is 1. The van der Waals surface area contributed by atoms with Gasteiger partial charge < -0.3 is 19.7 Å². The molecule has 35 heavy (non-hydrogen) atoms. The summed E-state index contributed by atoms with van der Waals surface area (Å²) in [6.45, 7) is 1.92. The zero-order chi connectivity index (χ0) is 25.2. The lowest BCUT2D eigenvalue weighted by Crippen LogP contribution is -2.31. The van der Waals surface area contributed by atoms with Crippen molar-refractivity contribution >= 4 is 17.7 Å². The summed E-state index contributed by atoms with van der Waals surface area (Å²) in [5.41, 5.74) is 1.80. The van der Waals surface area contributed by atoms with Crippen LogP contribution in [0.25, 0.3) is 0 Å². The fourth-order valence-electron chi connectivity index (χ4n) is 3.35. The molecular formula is C27H26FNO6. The highest BCUT2D eigenvalue weighted by molar-refractivity contribution is 5.84. The van der Waals surface area contributed by atoms with Crippen molar-refractivity contribution in [1.82, 2.24) is 0 Å². The molecule has 0 bridgehead atoms. The van der Waals surface area contributed by atoms with Gasteiger partial charge in [0.1, 0.15) is 11.9 Å². The number of allylic oxidation sites excluding steroid dienone is 1. The maximum atomic E-state index is 14.2. The molecule has 0 radical (unpaired) electrons. The van der Waals surface area contributed by atoms with Crippen molar-refractivity contribution in [2.45, 2.75) is 32.0 Å². The molecule has 0 saturated heterocycles. The molecule has 3 aromatic carbocycles. The Hall–Kier alpha value is -4.33. The van der Waals surface area contributed by atoms with Crippen LogP contribution in [0.2, 0.25) is 0 Å². The Balaban J connectivity index is 1.90. The summed E-state index contributed by atoms with van der Waals surface area (Å²) in [6.07, 6.45) is 0.366. The van der Waals surface area contributed by atoms with Gasteiger partial charge in [0, 0.05) is 11.8 Å². The van der Waals surface area contributed by atoms with Crippen LogP contribution in [-0.2, 0) is 9.53 Å². The number of hydrogen-bond acceptors (Lipinski definition) is 5. The number of phenols is 1. The zero-order valence-electron chi connectivity index (χ0n) is 19.1. The van der Waals surface area contributed by atoms with Crippen molar-refractivity contribution in [3.8, 4) is 11.5 Å². The first-order valence-electron chi connectivity index (χ1n) is 11.0. The van der Waals surface area contributed by atoms with Gasteiger partial charge >= 0.3 is 12.1 Å².